The molecule has 0 spiro atoms. The summed E-state index contributed by atoms with van der Waals surface area (Å²) in [7, 11) is 0. The van der Waals surface area contributed by atoms with Gasteiger partial charge in [-0.3, -0.25) is 5.32 Å². The van der Waals surface area contributed by atoms with Crippen LogP contribution in [0, 0.1) is 34.4 Å². The lowest BCUT2D eigenvalue weighted by Crippen LogP contribution is -2.32. The molecule has 4 rings (SSSR count). The maximum Gasteiger partial charge on any atom is 0.211 e. The Morgan fingerprint density at radius 3 is 2.58 bits per heavy atom. The molecule has 164 valence electrons. The summed E-state index contributed by atoms with van der Waals surface area (Å²) in [4.78, 5) is 8.70. The number of hydrogen-bond acceptors (Lipinski definition) is 9. The minimum absolute atomic E-state index is 0.0278. The molecule has 33 heavy (non-hydrogen) atoms. The lowest BCUT2D eigenvalue weighted by molar-refractivity contribution is 0.302. The fraction of sp³-hybridized carbons (Fsp3) is 0.0909. The predicted octanol–water partition coefficient (Wildman–Crippen LogP) is 2.92. The molecule has 1 atom stereocenters. The lowest BCUT2D eigenvalue weighted by atomic mass is 9.94. The number of fused-ring (bicyclic) bond motifs is 1. The minimum Gasteiger partial charge on any atom is -0.489 e. The molecule has 0 radical (unpaired) electrons. The average Bonchev–Trinajstić information content (AvgIpc) is 2.77. The Morgan fingerprint density at radius 1 is 1.12 bits per heavy atom. The first-order valence-electron chi connectivity index (χ1n) is 9.56. The second-order valence-corrected chi connectivity index (χ2v) is 7.04. The van der Waals surface area contributed by atoms with Crippen molar-refractivity contribution in [2.45, 2.75) is 12.6 Å². The zero-order chi connectivity index (χ0) is 23.5. The Labute approximate surface area is 186 Å². The van der Waals surface area contributed by atoms with E-state index in [-0.39, 0.29) is 41.2 Å². The number of nitriles is 2. The standard InChI is InChI=1S/C22H16F2N8O/c23-13-5-14(24)7-15(6-13)33-9-11-2-1-3-12(4-11)19-17-18(27)16(8-25)20(28)31-21(17)32-22(30-19)29-10-26/h1-7,19H,9H2,(H6,27,28,29,30,31,32). The van der Waals surface area contributed by atoms with Crippen molar-refractivity contribution >= 4 is 23.3 Å². The predicted molar refractivity (Wildman–Crippen MR) is 117 cm³/mol. The molecule has 11 heteroatoms. The number of guanidine groups is 1. The molecule has 0 amide bonds. The number of aromatic nitrogens is 1. The van der Waals surface area contributed by atoms with Gasteiger partial charge < -0.3 is 21.5 Å². The number of aliphatic imine (C=N–C) groups is 1. The van der Waals surface area contributed by atoms with Crippen LogP contribution in [0.4, 0.5) is 26.1 Å². The molecule has 2 heterocycles. The quantitative estimate of drug-likeness (QED) is 0.352. The number of nitrogens with zero attached hydrogens (tertiary/aromatic N) is 4. The third-order valence-corrected chi connectivity index (χ3v) is 4.87. The molecule has 3 aromatic rings. The number of rotatable bonds is 4. The number of hydrogen-bond donors (Lipinski definition) is 4. The molecular formula is C22H16F2N8O. The number of nitrogens with one attached hydrogen (secondary N) is 2. The number of benzene rings is 2. The van der Waals surface area contributed by atoms with Crippen molar-refractivity contribution in [3.05, 3.63) is 76.4 Å². The van der Waals surface area contributed by atoms with E-state index in [0.29, 0.717) is 16.7 Å². The molecule has 0 saturated heterocycles. The van der Waals surface area contributed by atoms with Crippen LogP contribution in [0.3, 0.4) is 0 Å². The highest BCUT2D eigenvalue weighted by Gasteiger charge is 2.29. The van der Waals surface area contributed by atoms with E-state index in [1.165, 1.54) is 0 Å². The molecule has 0 fully saturated rings. The highest BCUT2D eigenvalue weighted by atomic mass is 19.1. The van der Waals surface area contributed by atoms with Crippen molar-refractivity contribution in [3.63, 3.8) is 0 Å². The van der Waals surface area contributed by atoms with Crippen LogP contribution in [0.15, 0.2) is 47.5 Å². The number of anilines is 3. The highest BCUT2D eigenvalue weighted by Crippen LogP contribution is 2.40. The molecule has 0 aliphatic carbocycles. The van der Waals surface area contributed by atoms with Crippen LogP contribution >= 0.6 is 0 Å². The normalized spacial score (nSPS) is 14.2. The molecule has 0 bridgehead atoms. The Balaban J connectivity index is 1.71. The second-order valence-electron chi connectivity index (χ2n) is 7.04. The van der Waals surface area contributed by atoms with Gasteiger partial charge in [-0.05, 0) is 17.2 Å². The van der Waals surface area contributed by atoms with Crippen molar-refractivity contribution < 1.29 is 13.5 Å². The second kappa shape index (κ2) is 8.69. The van der Waals surface area contributed by atoms with Crippen LogP contribution in [0.25, 0.3) is 0 Å². The number of ether oxygens (including phenoxy) is 1. The van der Waals surface area contributed by atoms with Crippen LogP contribution in [0.5, 0.6) is 5.75 Å². The van der Waals surface area contributed by atoms with E-state index >= 15 is 0 Å². The maximum absolute atomic E-state index is 13.4. The van der Waals surface area contributed by atoms with Crippen LogP contribution in [-0.2, 0) is 6.61 Å². The Morgan fingerprint density at radius 2 is 1.88 bits per heavy atom. The van der Waals surface area contributed by atoms with E-state index in [2.05, 4.69) is 20.6 Å². The monoisotopic (exact) mass is 446 g/mol. The van der Waals surface area contributed by atoms with Crippen LogP contribution in [0.2, 0.25) is 0 Å². The van der Waals surface area contributed by atoms with Crippen molar-refractivity contribution in [2.75, 3.05) is 16.8 Å². The fourth-order valence-corrected chi connectivity index (χ4v) is 3.45. The van der Waals surface area contributed by atoms with E-state index in [0.717, 1.165) is 18.2 Å². The van der Waals surface area contributed by atoms with Gasteiger partial charge in [0.15, 0.2) is 6.19 Å². The molecular weight excluding hydrogens is 430 g/mol. The molecule has 1 aliphatic heterocycles. The van der Waals surface area contributed by atoms with Crippen molar-refractivity contribution in [1.29, 1.82) is 10.5 Å². The third-order valence-electron chi connectivity index (χ3n) is 4.87. The zero-order valence-corrected chi connectivity index (χ0v) is 16.9. The summed E-state index contributed by atoms with van der Waals surface area (Å²) < 4.78 is 32.3. The summed E-state index contributed by atoms with van der Waals surface area (Å²) in [6.45, 7) is 0.0283. The van der Waals surface area contributed by atoms with E-state index in [9.17, 15) is 14.0 Å². The van der Waals surface area contributed by atoms with Gasteiger partial charge in [0.1, 0.15) is 53.3 Å². The van der Waals surface area contributed by atoms with E-state index in [4.69, 9.17) is 21.5 Å². The first-order valence-corrected chi connectivity index (χ1v) is 9.56. The summed E-state index contributed by atoms with van der Waals surface area (Å²) in [5, 5.41) is 23.7. The summed E-state index contributed by atoms with van der Waals surface area (Å²) in [5.41, 5.74) is 14.0. The third kappa shape index (κ3) is 4.29. The molecule has 6 N–H and O–H groups in total. The number of nitrogens with two attached hydrogens (primary N) is 2. The number of halogens is 2. The lowest BCUT2D eigenvalue weighted by Gasteiger charge is -2.26. The van der Waals surface area contributed by atoms with Crippen LogP contribution in [-0.4, -0.2) is 10.9 Å². The smallest absolute Gasteiger partial charge is 0.211 e. The van der Waals surface area contributed by atoms with Gasteiger partial charge in [-0.2, -0.15) is 10.5 Å². The number of nitrogen functional groups attached to an aromatic ring is 2. The zero-order valence-electron chi connectivity index (χ0n) is 16.9. The van der Waals surface area contributed by atoms with Crippen molar-refractivity contribution in [1.82, 2.24) is 10.3 Å². The molecule has 1 aliphatic rings. The number of pyridine rings is 1. The summed E-state index contributed by atoms with van der Waals surface area (Å²) in [6.07, 6.45) is 1.78. The fourth-order valence-electron chi connectivity index (χ4n) is 3.45. The molecule has 2 aromatic carbocycles. The van der Waals surface area contributed by atoms with Gasteiger partial charge in [-0.25, -0.2) is 18.8 Å². The molecule has 1 unspecified atom stereocenters. The van der Waals surface area contributed by atoms with Gasteiger partial charge in [0.2, 0.25) is 5.96 Å². The van der Waals surface area contributed by atoms with Crippen LogP contribution < -0.4 is 26.8 Å². The molecule has 0 saturated carbocycles. The van der Waals surface area contributed by atoms with E-state index in [1.807, 2.05) is 6.07 Å². The first-order chi connectivity index (χ1) is 15.9. The summed E-state index contributed by atoms with van der Waals surface area (Å²) in [5.74, 6) is -1.10. The van der Waals surface area contributed by atoms with Gasteiger partial charge in [0.25, 0.3) is 0 Å². The van der Waals surface area contributed by atoms with Gasteiger partial charge in [-0.1, -0.05) is 18.2 Å². The summed E-state index contributed by atoms with van der Waals surface area (Å²) in [6, 6.07) is 11.2. The topological polar surface area (TPSA) is 158 Å². The molecule has 9 nitrogen and oxygen atoms in total. The average molecular weight is 446 g/mol. The van der Waals surface area contributed by atoms with Crippen molar-refractivity contribution in [2.24, 2.45) is 4.99 Å². The Kier molecular flexibility index (Phi) is 5.62. The first kappa shape index (κ1) is 21.3. The van der Waals surface area contributed by atoms with Gasteiger partial charge >= 0.3 is 0 Å². The largest absolute Gasteiger partial charge is 0.489 e. The van der Waals surface area contributed by atoms with E-state index in [1.54, 1.807) is 30.5 Å². The Bertz CT molecular complexity index is 1340. The van der Waals surface area contributed by atoms with Crippen LogP contribution in [0.1, 0.15) is 28.3 Å². The highest BCUT2D eigenvalue weighted by molar-refractivity contribution is 5.98. The van der Waals surface area contributed by atoms with Gasteiger partial charge in [0.05, 0.1) is 5.69 Å². The van der Waals surface area contributed by atoms with E-state index < -0.39 is 17.7 Å². The Hall–Kier alpha value is -4.90. The van der Waals surface area contributed by atoms with Crippen molar-refractivity contribution in [3.8, 4) is 18.0 Å². The minimum atomic E-state index is -0.743. The molecule has 1 aromatic heterocycles. The van der Waals surface area contributed by atoms with Gasteiger partial charge in [-0.15, -0.1) is 0 Å². The summed E-state index contributed by atoms with van der Waals surface area (Å²) >= 11 is 0. The maximum atomic E-state index is 13.4. The SMILES string of the molecule is N#CNC1=NC(c2cccc(COc3cc(F)cc(F)c3)c2)c2c(nc(N)c(C#N)c2N)N1. The van der Waals surface area contributed by atoms with Gasteiger partial charge in [0, 0.05) is 23.8 Å².